The quantitative estimate of drug-likeness (QED) is 0.846. The largest absolute Gasteiger partial charge is 0.379 e. The zero-order valence-electron chi connectivity index (χ0n) is 12.1. The number of fused-ring (bicyclic) bond motifs is 1. The van der Waals surface area contributed by atoms with Crippen LogP contribution in [0.5, 0.6) is 0 Å². The molecule has 3 unspecified atom stereocenters. The number of rotatable bonds is 3. The molecular weight excluding hydrogens is 270 g/mol. The Morgan fingerprint density at radius 2 is 2.38 bits per heavy atom. The standard InChI is InChI=1S/C14H19N5O2/c1-9(12-18-17-11-5-3-4-6-19(11)12)16-13(20)14(2)8-21-7-10(14)15/h3-6,9-10H,7-8,15H2,1-2H3,(H,16,20). The second-order valence-corrected chi connectivity index (χ2v) is 5.72. The molecule has 1 saturated heterocycles. The van der Waals surface area contributed by atoms with Gasteiger partial charge >= 0.3 is 0 Å². The fraction of sp³-hybridized carbons (Fsp3) is 0.500. The van der Waals surface area contributed by atoms with Crippen LogP contribution in [0.15, 0.2) is 24.4 Å². The monoisotopic (exact) mass is 289 g/mol. The number of pyridine rings is 1. The van der Waals surface area contributed by atoms with Crippen molar-refractivity contribution in [2.24, 2.45) is 11.1 Å². The molecule has 0 spiro atoms. The smallest absolute Gasteiger partial charge is 0.230 e. The summed E-state index contributed by atoms with van der Waals surface area (Å²) < 4.78 is 7.18. The fourth-order valence-corrected chi connectivity index (χ4v) is 2.50. The van der Waals surface area contributed by atoms with Crippen molar-refractivity contribution in [2.45, 2.75) is 25.9 Å². The van der Waals surface area contributed by atoms with E-state index in [2.05, 4.69) is 15.5 Å². The number of ether oxygens (including phenoxy) is 1. The van der Waals surface area contributed by atoms with Crippen molar-refractivity contribution >= 4 is 11.6 Å². The summed E-state index contributed by atoms with van der Waals surface area (Å²) in [6, 6.07) is 5.11. The summed E-state index contributed by atoms with van der Waals surface area (Å²) in [5.41, 5.74) is 6.03. The third-order valence-electron chi connectivity index (χ3n) is 4.11. The van der Waals surface area contributed by atoms with Gasteiger partial charge in [-0.05, 0) is 26.0 Å². The second-order valence-electron chi connectivity index (χ2n) is 5.72. The molecule has 1 amide bonds. The minimum Gasteiger partial charge on any atom is -0.379 e. The average molecular weight is 289 g/mol. The van der Waals surface area contributed by atoms with Crippen molar-refractivity contribution in [1.29, 1.82) is 0 Å². The van der Waals surface area contributed by atoms with Gasteiger partial charge in [0.25, 0.3) is 0 Å². The summed E-state index contributed by atoms with van der Waals surface area (Å²) in [6.45, 7) is 4.46. The molecule has 3 atom stereocenters. The maximum atomic E-state index is 12.5. The first-order chi connectivity index (χ1) is 10.0. The van der Waals surface area contributed by atoms with E-state index in [0.29, 0.717) is 19.0 Å². The normalized spacial score (nSPS) is 26.9. The van der Waals surface area contributed by atoms with E-state index in [-0.39, 0.29) is 18.0 Å². The van der Waals surface area contributed by atoms with Gasteiger partial charge < -0.3 is 15.8 Å². The summed E-state index contributed by atoms with van der Waals surface area (Å²) in [4.78, 5) is 12.5. The molecule has 1 aliphatic heterocycles. The average Bonchev–Trinajstić information content (AvgIpc) is 3.04. The number of amides is 1. The Morgan fingerprint density at radius 3 is 3.10 bits per heavy atom. The summed E-state index contributed by atoms with van der Waals surface area (Å²) in [5.74, 6) is 0.572. The van der Waals surface area contributed by atoms with Crippen LogP contribution in [0.25, 0.3) is 5.65 Å². The Hall–Kier alpha value is -1.99. The van der Waals surface area contributed by atoms with Gasteiger partial charge in [0.05, 0.1) is 24.7 Å². The molecule has 3 N–H and O–H groups in total. The number of hydrogen-bond acceptors (Lipinski definition) is 5. The Balaban J connectivity index is 1.80. The van der Waals surface area contributed by atoms with Crippen molar-refractivity contribution in [3.8, 4) is 0 Å². The molecule has 0 radical (unpaired) electrons. The van der Waals surface area contributed by atoms with E-state index in [9.17, 15) is 4.79 Å². The van der Waals surface area contributed by atoms with E-state index < -0.39 is 5.41 Å². The van der Waals surface area contributed by atoms with Crippen molar-refractivity contribution < 1.29 is 9.53 Å². The Bertz CT molecular complexity index is 670. The molecule has 0 aliphatic carbocycles. The Kier molecular flexibility index (Phi) is 3.38. The van der Waals surface area contributed by atoms with Crippen molar-refractivity contribution in [2.75, 3.05) is 13.2 Å². The number of carbonyl (C=O) groups excluding carboxylic acids is 1. The van der Waals surface area contributed by atoms with E-state index in [1.54, 1.807) is 0 Å². The molecule has 7 nitrogen and oxygen atoms in total. The topological polar surface area (TPSA) is 94.5 Å². The van der Waals surface area contributed by atoms with Crippen LogP contribution in [0.1, 0.15) is 25.7 Å². The molecule has 0 aromatic carbocycles. The van der Waals surface area contributed by atoms with Crippen molar-refractivity contribution in [3.05, 3.63) is 30.2 Å². The number of nitrogens with one attached hydrogen (secondary N) is 1. The van der Waals surface area contributed by atoms with Gasteiger partial charge in [-0.3, -0.25) is 9.20 Å². The SMILES string of the molecule is CC(NC(=O)C1(C)COCC1N)c1nnc2ccccn12. The van der Waals surface area contributed by atoms with Gasteiger partial charge in [0, 0.05) is 12.2 Å². The molecule has 1 aliphatic rings. The maximum absolute atomic E-state index is 12.5. The summed E-state index contributed by atoms with van der Waals surface area (Å²) in [6.07, 6.45) is 1.87. The summed E-state index contributed by atoms with van der Waals surface area (Å²) in [7, 11) is 0. The molecule has 1 fully saturated rings. The van der Waals surface area contributed by atoms with E-state index in [0.717, 1.165) is 5.65 Å². The van der Waals surface area contributed by atoms with E-state index in [1.807, 2.05) is 42.6 Å². The first kappa shape index (κ1) is 14.0. The molecule has 112 valence electrons. The fourth-order valence-electron chi connectivity index (χ4n) is 2.50. The lowest BCUT2D eigenvalue weighted by atomic mass is 9.84. The number of nitrogens with zero attached hydrogens (tertiary/aromatic N) is 3. The van der Waals surface area contributed by atoms with Crippen LogP contribution in [0, 0.1) is 5.41 Å². The maximum Gasteiger partial charge on any atom is 0.230 e. The summed E-state index contributed by atoms with van der Waals surface area (Å²) in [5, 5.41) is 11.2. The lowest BCUT2D eigenvalue weighted by Gasteiger charge is -2.27. The van der Waals surface area contributed by atoms with Crippen LogP contribution in [0.3, 0.4) is 0 Å². The van der Waals surface area contributed by atoms with Gasteiger partial charge in [0.2, 0.25) is 5.91 Å². The number of aromatic nitrogens is 3. The zero-order valence-corrected chi connectivity index (χ0v) is 12.1. The van der Waals surface area contributed by atoms with E-state index in [1.165, 1.54) is 0 Å². The molecule has 3 rings (SSSR count). The summed E-state index contributed by atoms with van der Waals surface area (Å²) >= 11 is 0. The first-order valence-electron chi connectivity index (χ1n) is 6.96. The molecule has 7 heteroatoms. The number of carbonyl (C=O) groups is 1. The predicted molar refractivity (Wildman–Crippen MR) is 76.4 cm³/mol. The molecule has 2 aromatic heterocycles. The second kappa shape index (κ2) is 5.09. The van der Waals surface area contributed by atoms with Crippen molar-refractivity contribution in [3.63, 3.8) is 0 Å². The third-order valence-corrected chi connectivity index (χ3v) is 4.11. The van der Waals surface area contributed by atoms with Crippen LogP contribution < -0.4 is 11.1 Å². The third kappa shape index (κ3) is 2.28. The van der Waals surface area contributed by atoms with Gasteiger partial charge in [-0.2, -0.15) is 0 Å². The minimum atomic E-state index is -0.700. The molecule has 0 bridgehead atoms. The molecule has 21 heavy (non-hydrogen) atoms. The highest BCUT2D eigenvalue weighted by Gasteiger charge is 2.44. The minimum absolute atomic E-state index is 0.118. The van der Waals surface area contributed by atoms with Gasteiger partial charge in [0.15, 0.2) is 11.5 Å². The van der Waals surface area contributed by atoms with Crippen LogP contribution in [0.2, 0.25) is 0 Å². The Morgan fingerprint density at radius 1 is 1.57 bits per heavy atom. The lowest BCUT2D eigenvalue weighted by molar-refractivity contribution is -0.131. The number of nitrogens with two attached hydrogens (primary N) is 1. The van der Waals surface area contributed by atoms with Crippen LogP contribution in [0.4, 0.5) is 0 Å². The lowest BCUT2D eigenvalue weighted by Crippen LogP contribution is -2.50. The first-order valence-corrected chi connectivity index (χ1v) is 6.96. The zero-order chi connectivity index (χ0) is 15.0. The van der Waals surface area contributed by atoms with Crippen LogP contribution in [-0.4, -0.2) is 39.8 Å². The molecule has 0 saturated carbocycles. The van der Waals surface area contributed by atoms with Crippen LogP contribution in [-0.2, 0) is 9.53 Å². The molecule has 2 aromatic rings. The molecule has 3 heterocycles. The highest BCUT2D eigenvalue weighted by atomic mass is 16.5. The van der Waals surface area contributed by atoms with Crippen LogP contribution >= 0.6 is 0 Å². The molecular formula is C14H19N5O2. The Labute approximate surface area is 122 Å². The van der Waals surface area contributed by atoms with Gasteiger partial charge in [-0.25, -0.2) is 0 Å². The number of hydrogen-bond donors (Lipinski definition) is 2. The predicted octanol–water partition coefficient (Wildman–Crippen LogP) is 0.270. The van der Waals surface area contributed by atoms with Crippen molar-refractivity contribution in [1.82, 2.24) is 19.9 Å². The van der Waals surface area contributed by atoms with Gasteiger partial charge in [-0.1, -0.05) is 6.07 Å². The van der Waals surface area contributed by atoms with E-state index >= 15 is 0 Å². The van der Waals surface area contributed by atoms with Gasteiger partial charge in [0.1, 0.15) is 0 Å². The van der Waals surface area contributed by atoms with Gasteiger partial charge in [-0.15, -0.1) is 10.2 Å². The highest BCUT2D eigenvalue weighted by molar-refractivity contribution is 5.83. The van der Waals surface area contributed by atoms with E-state index in [4.69, 9.17) is 10.5 Å². The highest BCUT2D eigenvalue weighted by Crippen LogP contribution is 2.28.